The number of aromatic nitrogens is 6. The molecule has 2 N–H and O–H groups in total. The van der Waals surface area contributed by atoms with Gasteiger partial charge in [-0.25, -0.2) is 19.9 Å². The minimum atomic E-state index is -0.253. The van der Waals surface area contributed by atoms with E-state index in [1.54, 1.807) is 18.6 Å². The summed E-state index contributed by atoms with van der Waals surface area (Å²) in [6.07, 6.45) is 8.28. The Bertz CT molecular complexity index is 1290. The number of rotatable bonds is 4. The van der Waals surface area contributed by atoms with Crippen LogP contribution in [-0.4, -0.2) is 35.4 Å². The molecule has 1 amide bonds. The van der Waals surface area contributed by atoms with E-state index in [-0.39, 0.29) is 5.91 Å². The Morgan fingerprint density at radius 2 is 1.90 bits per heavy atom. The Labute approximate surface area is 165 Å². The van der Waals surface area contributed by atoms with Crippen molar-refractivity contribution < 1.29 is 4.79 Å². The third-order valence-electron chi connectivity index (χ3n) is 4.58. The van der Waals surface area contributed by atoms with E-state index in [1.807, 2.05) is 53.2 Å². The molecule has 5 aromatic rings. The molecule has 8 heteroatoms. The lowest BCUT2D eigenvalue weighted by Crippen LogP contribution is -2.13. The lowest BCUT2D eigenvalue weighted by Gasteiger charge is -2.08. The molecule has 0 aliphatic heterocycles. The number of imidazole rings is 2. The molecule has 0 saturated carbocycles. The van der Waals surface area contributed by atoms with Gasteiger partial charge in [0.25, 0.3) is 5.91 Å². The van der Waals surface area contributed by atoms with Gasteiger partial charge in [0.05, 0.1) is 12.7 Å². The smallest absolute Gasteiger partial charge is 0.256 e. The van der Waals surface area contributed by atoms with Gasteiger partial charge in [0.2, 0.25) is 0 Å². The van der Waals surface area contributed by atoms with Crippen molar-refractivity contribution in [2.75, 3.05) is 5.32 Å². The number of aromatic amines is 1. The highest BCUT2D eigenvalue weighted by Gasteiger charge is 2.12. The van der Waals surface area contributed by atoms with E-state index >= 15 is 0 Å². The fraction of sp³-hybridized carbons (Fsp3) is 0. The van der Waals surface area contributed by atoms with E-state index in [0.29, 0.717) is 22.5 Å². The van der Waals surface area contributed by atoms with Crippen molar-refractivity contribution >= 4 is 22.9 Å². The lowest BCUT2D eigenvalue weighted by molar-refractivity contribution is 0.102. The zero-order chi connectivity index (χ0) is 19.6. The van der Waals surface area contributed by atoms with Crippen molar-refractivity contribution in [3.63, 3.8) is 0 Å². The summed E-state index contributed by atoms with van der Waals surface area (Å²) in [5, 5.41) is 2.82. The fourth-order valence-corrected chi connectivity index (χ4v) is 3.12. The second-order valence-electron chi connectivity index (χ2n) is 6.38. The molecule has 3 heterocycles. The molecule has 0 aliphatic rings. The third-order valence-corrected chi connectivity index (χ3v) is 4.58. The van der Waals surface area contributed by atoms with Crippen LogP contribution < -0.4 is 5.32 Å². The molecule has 0 unspecified atom stereocenters. The quantitative estimate of drug-likeness (QED) is 0.496. The first kappa shape index (κ1) is 16.8. The van der Waals surface area contributed by atoms with Gasteiger partial charge in [-0.1, -0.05) is 24.3 Å². The summed E-state index contributed by atoms with van der Waals surface area (Å²) >= 11 is 0. The molecule has 2 aromatic carbocycles. The van der Waals surface area contributed by atoms with Crippen LogP contribution in [-0.2, 0) is 0 Å². The van der Waals surface area contributed by atoms with Gasteiger partial charge >= 0.3 is 0 Å². The Balaban J connectivity index is 1.40. The molecule has 0 atom stereocenters. The van der Waals surface area contributed by atoms with E-state index < -0.39 is 0 Å². The van der Waals surface area contributed by atoms with Gasteiger partial charge in [0.15, 0.2) is 11.5 Å². The first-order valence-electron chi connectivity index (χ1n) is 8.92. The molecule has 3 aromatic heterocycles. The van der Waals surface area contributed by atoms with Gasteiger partial charge in [-0.05, 0) is 35.4 Å². The van der Waals surface area contributed by atoms with Crippen molar-refractivity contribution in [2.45, 2.75) is 0 Å². The number of fused-ring (bicyclic) bond motifs is 1. The summed E-state index contributed by atoms with van der Waals surface area (Å²) in [7, 11) is 0. The summed E-state index contributed by atoms with van der Waals surface area (Å²) in [5.41, 5.74) is 4.61. The van der Waals surface area contributed by atoms with Gasteiger partial charge in [-0.15, -0.1) is 0 Å². The van der Waals surface area contributed by atoms with Gasteiger partial charge in [-0.2, -0.15) is 0 Å². The maximum atomic E-state index is 12.8. The van der Waals surface area contributed by atoms with Crippen LogP contribution in [0.2, 0.25) is 0 Å². The molecular weight excluding hydrogens is 366 g/mol. The number of hydrogen-bond acceptors (Lipinski definition) is 5. The van der Waals surface area contributed by atoms with Gasteiger partial charge in [-0.3, -0.25) is 4.79 Å². The van der Waals surface area contributed by atoms with Crippen LogP contribution in [0.1, 0.15) is 10.4 Å². The Morgan fingerprint density at radius 3 is 2.72 bits per heavy atom. The average molecular weight is 381 g/mol. The minimum absolute atomic E-state index is 0.253. The fourth-order valence-electron chi connectivity index (χ4n) is 3.12. The summed E-state index contributed by atoms with van der Waals surface area (Å²) in [6.45, 7) is 0. The molecule has 140 valence electrons. The normalized spacial score (nSPS) is 10.9. The third kappa shape index (κ3) is 3.23. The SMILES string of the molecule is O=C(Nc1ncnc2nc[nH]c12)c1cccc(-c2ccc(-n3ccnc3)cc2)c1. The largest absolute Gasteiger partial charge is 0.340 e. The topological polar surface area (TPSA) is 101 Å². The lowest BCUT2D eigenvalue weighted by atomic mass is 10.0. The summed E-state index contributed by atoms with van der Waals surface area (Å²) in [6, 6.07) is 15.5. The molecular formula is C21H15N7O. The van der Waals surface area contributed by atoms with E-state index in [4.69, 9.17) is 0 Å². The van der Waals surface area contributed by atoms with Crippen molar-refractivity contribution in [3.8, 4) is 16.8 Å². The number of carbonyl (C=O) groups is 1. The van der Waals surface area contributed by atoms with E-state index in [0.717, 1.165) is 16.8 Å². The molecule has 0 aliphatic carbocycles. The van der Waals surface area contributed by atoms with Gasteiger partial charge in [0.1, 0.15) is 11.8 Å². The number of hydrogen-bond donors (Lipinski definition) is 2. The van der Waals surface area contributed by atoms with E-state index in [1.165, 1.54) is 12.7 Å². The Hall–Kier alpha value is -4.33. The van der Waals surface area contributed by atoms with Crippen LogP contribution in [0.5, 0.6) is 0 Å². The molecule has 5 rings (SSSR count). The standard InChI is InChI=1S/C21H15N7O/c29-21(27-20-18-19(24-11-23-18)25-12-26-20)16-3-1-2-15(10-16)14-4-6-17(7-5-14)28-9-8-22-13-28/h1-13H,(H2,23,24,25,26,27,29). The molecule has 0 radical (unpaired) electrons. The Morgan fingerprint density at radius 1 is 1.00 bits per heavy atom. The number of anilines is 1. The maximum Gasteiger partial charge on any atom is 0.256 e. The first-order valence-corrected chi connectivity index (χ1v) is 8.92. The monoisotopic (exact) mass is 381 g/mol. The van der Waals surface area contributed by atoms with Crippen LogP contribution in [0.3, 0.4) is 0 Å². The van der Waals surface area contributed by atoms with Crippen LogP contribution in [0.25, 0.3) is 28.0 Å². The Kier molecular flexibility index (Phi) is 4.06. The zero-order valence-electron chi connectivity index (χ0n) is 15.1. The highest BCUT2D eigenvalue weighted by atomic mass is 16.1. The second-order valence-corrected chi connectivity index (χ2v) is 6.38. The van der Waals surface area contributed by atoms with Crippen LogP contribution in [0.15, 0.2) is 79.9 Å². The predicted octanol–water partition coefficient (Wildman–Crippen LogP) is 3.46. The highest BCUT2D eigenvalue weighted by Crippen LogP contribution is 2.23. The minimum Gasteiger partial charge on any atom is -0.340 e. The first-order chi connectivity index (χ1) is 14.3. The molecule has 0 fully saturated rings. The highest BCUT2D eigenvalue weighted by molar-refractivity contribution is 6.07. The predicted molar refractivity (Wildman–Crippen MR) is 109 cm³/mol. The molecule has 29 heavy (non-hydrogen) atoms. The number of H-pyrrole nitrogens is 1. The number of amides is 1. The maximum absolute atomic E-state index is 12.8. The van der Waals surface area contributed by atoms with E-state index in [9.17, 15) is 4.79 Å². The van der Waals surface area contributed by atoms with Crippen molar-refractivity contribution in [3.05, 3.63) is 85.5 Å². The number of nitrogens with one attached hydrogen (secondary N) is 2. The molecule has 8 nitrogen and oxygen atoms in total. The second kappa shape index (κ2) is 7.01. The summed E-state index contributed by atoms with van der Waals surface area (Å²) in [5.74, 6) is 0.143. The number of benzene rings is 2. The van der Waals surface area contributed by atoms with Crippen LogP contribution in [0.4, 0.5) is 5.82 Å². The van der Waals surface area contributed by atoms with Crippen molar-refractivity contribution in [1.29, 1.82) is 0 Å². The van der Waals surface area contributed by atoms with Crippen LogP contribution in [0, 0.1) is 0 Å². The average Bonchev–Trinajstić information content (AvgIpc) is 3.47. The molecule has 0 bridgehead atoms. The van der Waals surface area contributed by atoms with Crippen molar-refractivity contribution in [2.24, 2.45) is 0 Å². The van der Waals surface area contributed by atoms with Crippen LogP contribution >= 0.6 is 0 Å². The van der Waals surface area contributed by atoms with E-state index in [2.05, 4.69) is 30.2 Å². The zero-order valence-corrected chi connectivity index (χ0v) is 15.1. The molecule has 0 saturated heterocycles. The molecule has 0 spiro atoms. The van der Waals surface area contributed by atoms with Gasteiger partial charge < -0.3 is 14.9 Å². The van der Waals surface area contributed by atoms with Crippen molar-refractivity contribution in [1.82, 2.24) is 29.5 Å². The summed E-state index contributed by atoms with van der Waals surface area (Å²) in [4.78, 5) is 32.0. The summed E-state index contributed by atoms with van der Waals surface area (Å²) < 4.78 is 1.94. The number of carbonyl (C=O) groups excluding carboxylic acids is 1. The van der Waals surface area contributed by atoms with Gasteiger partial charge in [0, 0.05) is 23.6 Å². The number of nitrogens with zero attached hydrogens (tertiary/aromatic N) is 5.